The molecule has 1 N–H and O–H groups in total. The highest BCUT2D eigenvalue weighted by atomic mass is 32.2. The van der Waals surface area contributed by atoms with Crippen molar-refractivity contribution in [1.29, 1.82) is 0 Å². The predicted octanol–water partition coefficient (Wildman–Crippen LogP) is 5.56. The lowest BCUT2D eigenvalue weighted by Gasteiger charge is -2.20. The van der Waals surface area contributed by atoms with Crippen molar-refractivity contribution in [2.45, 2.75) is 45.4 Å². The van der Waals surface area contributed by atoms with Crippen LogP contribution in [0.1, 0.15) is 42.8 Å². The number of allylic oxidation sites excluding steroid dienone is 1. The Bertz CT molecular complexity index is 909. The molecule has 4 rings (SSSR count). The standard InChI is InChI=1S/C18H17N3S.C3H8/c1-12-6-5-7-16-18(12)14(11-19-22-16)10-15-13(2)20-17-8-3-4-9-21(15)17;1-3-2/h3-9,11,19H,10H2,1-2H3;3H2,1-2H3. The number of aromatic nitrogens is 2. The van der Waals surface area contributed by atoms with Crippen LogP contribution in [0.15, 0.2) is 53.7 Å². The topological polar surface area (TPSA) is 29.3 Å². The molecule has 0 radical (unpaired) electrons. The summed E-state index contributed by atoms with van der Waals surface area (Å²) in [7, 11) is 0. The molecule has 0 spiro atoms. The van der Waals surface area contributed by atoms with Gasteiger partial charge in [0, 0.05) is 29.4 Å². The zero-order valence-corrected chi connectivity index (χ0v) is 16.2. The van der Waals surface area contributed by atoms with E-state index in [0.717, 1.165) is 17.8 Å². The number of benzene rings is 1. The van der Waals surface area contributed by atoms with E-state index in [0.29, 0.717) is 0 Å². The summed E-state index contributed by atoms with van der Waals surface area (Å²) < 4.78 is 5.51. The number of rotatable bonds is 2. The normalized spacial score (nSPS) is 12.7. The lowest BCUT2D eigenvalue weighted by Crippen LogP contribution is -2.08. The molecule has 1 aliphatic heterocycles. The summed E-state index contributed by atoms with van der Waals surface area (Å²) >= 11 is 1.68. The third kappa shape index (κ3) is 3.59. The van der Waals surface area contributed by atoms with Crippen LogP contribution in [0.25, 0.3) is 11.2 Å². The minimum absolute atomic E-state index is 0.877. The van der Waals surface area contributed by atoms with Gasteiger partial charge in [0.1, 0.15) is 5.65 Å². The summed E-state index contributed by atoms with van der Waals surface area (Å²) in [5.41, 5.74) is 7.37. The van der Waals surface area contributed by atoms with Crippen molar-refractivity contribution in [3.05, 3.63) is 71.3 Å². The zero-order chi connectivity index (χ0) is 17.8. The van der Waals surface area contributed by atoms with Crippen LogP contribution in [0.2, 0.25) is 0 Å². The molecule has 4 heteroatoms. The minimum Gasteiger partial charge on any atom is -0.332 e. The van der Waals surface area contributed by atoms with Crippen molar-refractivity contribution >= 4 is 23.2 Å². The summed E-state index contributed by atoms with van der Waals surface area (Å²) in [6, 6.07) is 12.6. The van der Waals surface area contributed by atoms with Crippen LogP contribution in [0, 0.1) is 13.8 Å². The average Bonchev–Trinajstić information content (AvgIpc) is 2.92. The number of hydrogen-bond acceptors (Lipinski definition) is 3. The lowest BCUT2D eigenvalue weighted by atomic mass is 9.97. The molecule has 0 aliphatic carbocycles. The number of pyridine rings is 1. The van der Waals surface area contributed by atoms with E-state index in [1.165, 1.54) is 33.7 Å². The largest absolute Gasteiger partial charge is 0.332 e. The number of hydrogen-bond donors (Lipinski definition) is 1. The Hall–Kier alpha value is -2.20. The maximum atomic E-state index is 4.67. The summed E-state index contributed by atoms with van der Waals surface area (Å²) in [5.74, 6) is 0. The van der Waals surface area contributed by atoms with Crippen LogP contribution in [0.5, 0.6) is 0 Å². The Morgan fingerprint density at radius 2 is 1.88 bits per heavy atom. The molecule has 0 fully saturated rings. The summed E-state index contributed by atoms with van der Waals surface area (Å²) in [5, 5.41) is 0. The fourth-order valence-corrected chi connectivity index (χ4v) is 3.94. The van der Waals surface area contributed by atoms with E-state index in [9.17, 15) is 0 Å². The Kier molecular flexibility index (Phi) is 5.49. The monoisotopic (exact) mass is 351 g/mol. The molecule has 0 bridgehead atoms. The maximum Gasteiger partial charge on any atom is 0.137 e. The van der Waals surface area contributed by atoms with Crippen LogP contribution in [-0.2, 0) is 6.42 Å². The van der Waals surface area contributed by atoms with E-state index < -0.39 is 0 Å². The first-order chi connectivity index (χ1) is 12.2. The predicted molar refractivity (Wildman–Crippen MR) is 108 cm³/mol. The maximum absolute atomic E-state index is 4.67. The zero-order valence-electron chi connectivity index (χ0n) is 15.3. The summed E-state index contributed by atoms with van der Waals surface area (Å²) in [6.45, 7) is 8.52. The Morgan fingerprint density at radius 1 is 1.08 bits per heavy atom. The van der Waals surface area contributed by atoms with Crippen LogP contribution < -0.4 is 4.72 Å². The number of nitrogens with zero attached hydrogens (tertiary/aromatic N) is 2. The van der Waals surface area contributed by atoms with Crippen molar-refractivity contribution in [3.63, 3.8) is 0 Å². The van der Waals surface area contributed by atoms with Crippen molar-refractivity contribution in [3.8, 4) is 0 Å². The molecule has 1 aromatic carbocycles. The Morgan fingerprint density at radius 3 is 2.68 bits per heavy atom. The second kappa shape index (κ2) is 7.79. The van der Waals surface area contributed by atoms with Gasteiger partial charge in [-0.25, -0.2) is 4.98 Å². The Balaban J connectivity index is 0.000000569. The van der Waals surface area contributed by atoms with Gasteiger partial charge in [0.05, 0.1) is 5.69 Å². The minimum atomic E-state index is 0.877. The molecule has 130 valence electrons. The smallest absolute Gasteiger partial charge is 0.137 e. The first-order valence-corrected chi connectivity index (χ1v) is 9.61. The number of imidazole rings is 1. The van der Waals surface area contributed by atoms with Crippen LogP contribution in [0.3, 0.4) is 0 Å². The van der Waals surface area contributed by atoms with Gasteiger partial charge >= 0.3 is 0 Å². The molecule has 2 aromatic heterocycles. The van der Waals surface area contributed by atoms with E-state index in [4.69, 9.17) is 0 Å². The lowest BCUT2D eigenvalue weighted by molar-refractivity contribution is 1.03. The number of fused-ring (bicyclic) bond motifs is 2. The molecule has 25 heavy (non-hydrogen) atoms. The van der Waals surface area contributed by atoms with Crippen molar-refractivity contribution in [2.75, 3.05) is 0 Å². The second-order valence-electron chi connectivity index (χ2n) is 6.29. The van der Waals surface area contributed by atoms with Crippen LogP contribution in [-0.4, -0.2) is 9.38 Å². The quantitative estimate of drug-likeness (QED) is 0.613. The van der Waals surface area contributed by atoms with E-state index in [1.54, 1.807) is 11.9 Å². The van der Waals surface area contributed by atoms with E-state index in [-0.39, 0.29) is 0 Å². The fourth-order valence-electron chi connectivity index (χ4n) is 3.07. The molecule has 1 aliphatic rings. The van der Waals surface area contributed by atoms with E-state index in [2.05, 4.69) is 84.5 Å². The van der Waals surface area contributed by atoms with Gasteiger partial charge in [0.2, 0.25) is 0 Å². The molecular formula is C21H25N3S. The molecular weight excluding hydrogens is 326 g/mol. The van der Waals surface area contributed by atoms with Crippen LogP contribution >= 0.6 is 11.9 Å². The molecule has 0 unspecified atom stereocenters. The van der Waals surface area contributed by atoms with E-state index in [1.807, 2.05) is 6.07 Å². The van der Waals surface area contributed by atoms with Gasteiger partial charge < -0.3 is 9.12 Å². The van der Waals surface area contributed by atoms with Crippen molar-refractivity contribution in [1.82, 2.24) is 14.1 Å². The summed E-state index contributed by atoms with van der Waals surface area (Å²) in [4.78, 5) is 5.96. The van der Waals surface area contributed by atoms with Gasteiger partial charge in [0.15, 0.2) is 0 Å². The molecule has 0 saturated carbocycles. The molecule has 3 heterocycles. The third-order valence-corrected chi connectivity index (χ3v) is 4.94. The first kappa shape index (κ1) is 17.6. The molecule has 3 nitrogen and oxygen atoms in total. The first-order valence-electron chi connectivity index (χ1n) is 8.79. The van der Waals surface area contributed by atoms with Gasteiger partial charge in [-0.2, -0.15) is 0 Å². The molecule has 0 saturated heterocycles. The number of aryl methyl sites for hydroxylation is 2. The van der Waals surface area contributed by atoms with Gasteiger partial charge in [-0.1, -0.05) is 38.5 Å². The summed E-state index contributed by atoms with van der Waals surface area (Å²) in [6.07, 6.45) is 6.35. The SMILES string of the molecule is CCC.Cc1cccc2c1C(Cc1c(C)nc3ccccn13)=CNS2. The molecule has 0 atom stereocenters. The van der Waals surface area contributed by atoms with Crippen LogP contribution in [0.4, 0.5) is 0 Å². The van der Waals surface area contributed by atoms with E-state index >= 15 is 0 Å². The number of nitrogens with one attached hydrogen (secondary N) is 1. The van der Waals surface area contributed by atoms with Gasteiger partial charge in [0.25, 0.3) is 0 Å². The van der Waals surface area contributed by atoms with Gasteiger partial charge in [-0.3, -0.25) is 0 Å². The highest BCUT2D eigenvalue weighted by Gasteiger charge is 2.18. The second-order valence-corrected chi connectivity index (χ2v) is 7.17. The van der Waals surface area contributed by atoms with Crippen molar-refractivity contribution in [2.24, 2.45) is 0 Å². The van der Waals surface area contributed by atoms with Crippen molar-refractivity contribution < 1.29 is 0 Å². The fraction of sp³-hybridized carbons (Fsp3) is 0.286. The molecule has 3 aromatic rings. The average molecular weight is 352 g/mol. The highest BCUT2D eigenvalue weighted by Crippen LogP contribution is 2.35. The van der Waals surface area contributed by atoms with Gasteiger partial charge in [-0.15, -0.1) is 0 Å². The molecule has 0 amide bonds. The highest BCUT2D eigenvalue weighted by molar-refractivity contribution is 7.97. The van der Waals surface area contributed by atoms with Gasteiger partial charge in [-0.05, 0) is 60.7 Å². The third-order valence-electron chi connectivity index (χ3n) is 4.14. The Labute approximate surface area is 154 Å².